The fourth-order valence-electron chi connectivity index (χ4n) is 5.57. The number of benzene rings is 2. The summed E-state index contributed by atoms with van der Waals surface area (Å²) in [4.78, 5) is 65.5. The Morgan fingerprint density at radius 2 is 1.83 bits per heavy atom. The smallest absolute Gasteiger partial charge is 0.378 e. The zero-order valence-corrected chi connectivity index (χ0v) is 25.9. The Morgan fingerprint density at radius 3 is 2.52 bits per heavy atom. The van der Waals surface area contributed by atoms with Crippen LogP contribution in [0.3, 0.4) is 0 Å². The normalized spacial score (nSPS) is 19.2. The van der Waals surface area contributed by atoms with E-state index in [1.165, 1.54) is 24.0 Å². The molecule has 2 atom stereocenters. The summed E-state index contributed by atoms with van der Waals surface area (Å²) in [5.74, 6) is 2.93. The molecule has 12 nitrogen and oxygen atoms in total. The molecular formula is C32H26ClF3N6O6. The van der Waals surface area contributed by atoms with Gasteiger partial charge in [-0.25, -0.2) is 0 Å². The standard InChI is InChI=1S/C32H26ClF3N6O6/c1-31(48,30(47)38-24-7-4-19(10-23(24)33)32(34,35)36)16-41-15-17(12-37-41)2-3-18-13-40(14-18)20-5-6-21-22(11-20)29(46)42(28(21)45)25-8-9-26(43)39-27(25)44/h4-7,10-12,15,18,25,48H,8-9,13-14,16H2,1H3,(H,38,47)(H,39,43,44)/t25?,31-/m0/s1. The van der Waals surface area contributed by atoms with Crippen LogP contribution in [0, 0.1) is 17.8 Å². The number of nitrogens with zero attached hydrogens (tertiary/aromatic N) is 4. The van der Waals surface area contributed by atoms with Crippen molar-refractivity contribution in [2.75, 3.05) is 23.3 Å². The quantitative estimate of drug-likeness (QED) is 0.265. The summed E-state index contributed by atoms with van der Waals surface area (Å²) in [6.07, 6.45) is -1.50. The first kappa shape index (κ1) is 32.7. The Kier molecular flexibility index (Phi) is 8.26. The highest BCUT2D eigenvalue weighted by Gasteiger charge is 2.45. The number of hydrogen-bond donors (Lipinski definition) is 3. The molecule has 48 heavy (non-hydrogen) atoms. The number of carbonyl (C=O) groups excluding carboxylic acids is 5. The number of carbonyl (C=O) groups is 5. The third-order valence-corrected chi connectivity index (χ3v) is 8.54. The first-order valence-electron chi connectivity index (χ1n) is 14.7. The lowest BCUT2D eigenvalue weighted by Gasteiger charge is -2.38. The number of imide groups is 2. The van der Waals surface area contributed by atoms with E-state index in [2.05, 4.69) is 27.6 Å². The first-order chi connectivity index (χ1) is 22.6. The zero-order chi connectivity index (χ0) is 34.5. The maximum absolute atomic E-state index is 13.1. The third-order valence-electron chi connectivity index (χ3n) is 8.23. The largest absolute Gasteiger partial charge is 0.416 e. The summed E-state index contributed by atoms with van der Waals surface area (Å²) in [6.45, 7) is 2.03. The number of anilines is 2. The first-order valence-corrected chi connectivity index (χ1v) is 15.0. The van der Waals surface area contributed by atoms with Crippen molar-refractivity contribution in [3.8, 4) is 11.8 Å². The molecule has 4 heterocycles. The van der Waals surface area contributed by atoms with Crippen molar-refractivity contribution in [1.82, 2.24) is 20.0 Å². The van der Waals surface area contributed by atoms with Gasteiger partial charge in [-0.1, -0.05) is 23.4 Å². The molecule has 2 saturated heterocycles. The maximum atomic E-state index is 13.1. The number of hydrogen-bond acceptors (Lipinski definition) is 8. The molecule has 2 aromatic carbocycles. The number of alkyl halides is 3. The van der Waals surface area contributed by atoms with E-state index in [4.69, 9.17) is 11.6 Å². The molecule has 3 aromatic rings. The number of fused-ring (bicyclic) bond motifs is 1. The van der Waals surface area contributed by atoms with Crippen LogP contribution in [0.5, 0.6) is 0 Å². The Bertz CT molecular complexity index is 1940. The zero-order valence-electron chi connectivity index (χ0n) is 25.1. The van der Waals surface area contributed by atoms with Gasteiger partial charge in [0.15, 0.2) is 5.60 Å². The van der Waals surface area contributed by atoms with Crippen molar-refractivity contribution in [2.24, 2.45) is 5.92 Å². The summed E-state index contributed by atoms with van der Waals surface area (Å²) in [5, 5.41) is 19.1. The van der Waals surface area contributed by atoms with Gasteiger partial charge < -0.3 is 15.3 Å². The Morgan fingerprint density at radius 1 is 1.10 bits per heavy atom. The molecule has 0 spiro atoms. The van der Waals surface area contributed by atoms with Gasteiger partial charge in [-0.3, -0.25) is 38.9 Å². The summed E-state index contributed by atoms with van der Waals surface area (Å²) in [7, 11) is 0. The molecule has 1 unspecified atom stereocenters. The van der Waals surface area contributed by atoms with E-state index < -0.39 is 52.9 Å². The van der Waals surface area contributed by atoms with Gasteiger partial charge in [-0.15, -0.1) is 0 Å². The minimum absolute atomic E-state index is 0.0266. The average Bonchev–Trinajstić information content (AvgIpc) is 3.53. The lowest BCUT2D eigenvalue weighted by Crippen LogP contribution is -2.54. The molecule has 0 saturated carbocycles. The Balaban J connectivity index is 1.03. The van der Waals surface area contributed by atoms with Crippen LogP contribution in [0.2, 0.25) is 5.02 Å². The topological polar surface area (TPSA) is 154 Å². The van der Waals surface area contributed by atoms with Crippen molar-refractivity contribution < 1.29 is 42.3 Å². The lowest BCUT2D eigenvalue weighted by atomic mass is 9.98. The lowest BCUT2D eigenvalue weighted by molar-refractivity contribution is -0.138. The van der Waals surface area contributed by atoms with Gasteiger partial charge in [0.25, 0.3) is 17.7 Å². The van der Waals surface area contributed by atoms with E-state index in [0.29, 0.717) is 30.4 Å². The molecule has 5 amide bonds. The van der Waals surface area contributed by atoms with Crippen LogP contribution in [0.1, 0.15) is 51.6 Å². The number of rotatable bonds is 6. The molecule has 3 N–H and O–H groups in total. The van der Waals surface area contributed by atoms with E-state index in [1.807, 2.05) is 4.90 Å². The molecular weight excluding hydrogens is 657 g/mol. The second-order valence-corrected chi connectivity index (χ2v) is 12.3. The number of nitrogens with one attached hydrogen (secondary N) is 2. The number of amides is 5. The molecule has 16 heteroatoms. The predicted molar refractivity (Wildman–Crippen MR) is 164 cm³/mol. The van der Waals surface area contributed by atoms with Gasteiger partial charge in [0.1, 0.15) is 6.04 Å². The third kappa shape index (κ3) is 6.36. The SMILES string of the molecule is C[C@](O)(Cn1cc(C#CC2CN(c3ccc4c(c3)C(=O)N(C3CCC(=O)NC3=O)C4=O)C2)cn1)C(=O)Nc1ccc(C(F)(F)F)cc1Cl. The van der Waals surface area contributed by atoms with Gasteiger partial charge in [0.05, 0.1) is 51.6 Å². The molecule has 3 aliphatic heterocycles. The van der Waals surface area contributed by atoms with E-state index in [0.717, 1.165) is 17.0 Å². The van der Waals surface area contributed by atoms with Gasteiger partial charge in [0, 0.05) is 31.4 Å². The molecule has 1 aromatic heterocycles. The molecule has 248 valence electrons. The van der Waals surface area contributed by atoms with Crippen LogP contribution in [0.15, 0.2) is 48.8 Å². The molecule has 2 fully saturated rings. The highest BCUT2D eigenvalue weighted by molar-refractivity contribution is 6.33. The summed E-state index contributed by atoms with van der Waals surface area (Å²) in [6, 6.07) is 6.30. The number of piperidine rings is 1. The van der Waals surface area contributed by atoms with Gasteiger partial charge in [-0.05, 0) is 49.7 Å². The van der Waals surface area contributed by atoms with E-state index >= 15 is 0 Å². The van der Waals surface area contributed by atoms with Gasteiger partial charge in [-0.2, -0.15) is 18.3 Å². The monoisotopic (exact) mass is 682 g/mol. The molecule has 6 rings (SSSR count). The van der Waals surface area contributed by atoms with Crippen molar-refractivity contribution >= 4 is 52.5 Å². The molecule has 0 bridgehead atoms. The van der Waals surface area contributed by atoms with Crippen LogP contribution in [0.4, 0.5) is 24.5 Å². The molecule has 0 aliphatic carbocycles. The minimum atomic E-state index is -4.60. The highest BCUT2D eigenvalue weighted by atomic mass is 35.5. The van der Waals surface area contributed by atoms with Gasteiger partial charge >= 0.3 is 6.18 Å². The van der Waals surface area contributed by atoms with Crippen molar-refractivity contribution in [2.45, 2.75) is 44.1 Å². The van der Waals surface area contributed by atoms with E-state index in [9.17, 15) is 42.3 Å². The average molecular weight is 683 g/mol. The van der Waals surface area contributed by atoms with E-state index in [1.54, 1.807) is 18.2 Å². The van der Waals surface area contributed by atoms with Crippen LogP contribution >= 0.6 is 11.6 Å². The Hall–Kier alpha value is -5.20. The van der Waals surface area contributed by atoms with Crippen LogP contribution < -0.4 is 15.5 Å². The minimum Gasteiger partial charge on any atom is -0.378 e. The second kappa shape index (κ2) is 12.1. The number of aromatic nitrogens is 2. The molecule has 3 aliphatic rings. The Labute approximate surface area is 275 Å². The summed E-state index contributed by atoms with van der Waals surface area (Å²) >= 11 is 5.91. The van der Waals surface area contributed by atoms with Gasteiger partial charge in [0.2, 0.25) is 11.8 Å². The van der Waals surface area contributed by atoms with Crippen molar-refractivity contribution in [3.63, 3.8) is 0 Å². The fourth-order valence-corrected chi connectivity index (χ4v) is 5.80. The van der Waals surface area contributed by atoms with Crippen LogP contribution in [-0.4, -0.2) is 74.1 Å². The second-order valence-electron chi connectivity index (χ2n) is 11.9. The molecule has 0 radical (unpaired) electrons. The van der Waals surface area contributed by atoms with Crippen LogP contribution in [0.25, 0.3) is 0 Å². The van der Waals surface area contributed by atoms with E-state index in [-0.39, 0.29) is 47.1 Å². The fraction of sp³-hybridized carbons (Fsp3) is 0.312. The summed E-state index contributed by atoms with van der Waals surface area (Å²) in [5.41, 5.74) is -1.45. The number of halogens is 4. The maximum Gasteiger partial charge on any atom is 0.416 e. The summed E-state index contributed by atoms with van der Waals surface area (Å²) < 4.78 is 40.0. The van der Waals surface area contributed by atoms with Crippen molar-refractivity contribution in [3.05, 3.63) is 76.1 Å². The number of aliphatic hydroxyl groups is 1. The van der Waals surface area contributed by atoms with Crippen LogP contribution in [-0.2, 0) is 27.1 Å². The highest BCUT2D eigenvalue weighted by Crippen LogP contribution is 2.35. The predicted octanol–water partition coefficient (Wildman–Crippen LogP) is 2.83. The van der Waals surface area contributed by atoms with Crippen molar-refractivity contribution in [1.29, 1.82) is 0 Å².